The maximum atomic E-state index is 12.4. The van der Waals surface area contributed by atoms with Crippen LogP contribution in [0, 0.1) is 16.7 Å². The highest BCUT2D eigenvalue weighted by Crippen LogP contribution is 2.37. The van der Waals surface area contributed by atoms with E-state index in [-0.39, 0.29) is 17.2 Å². The van der Waals surface area contributed by atoms with Crippen molar-refractivity contribution in [1.29, 1.82) is 5.26 Å². The highest BCUT2D eigenvalue weighted by Gasteiger charge is 2.41. The van der Waals surface area contributed by atoms with E-state index >= 15 is 0 Å². The van der Waals surface area contributed by atoms with Gasteiger partial charge in [-0.15, -0.1) is 0 Å². The molecule has 2 saturated heterocycles. The molecular formula is C15H16N4O2. The van der Waals surface area contributed by atoms with Crippen molar-refractivity contribution in [3.63, 3.8) is 0 Å². The Bertz CT molecular complexity index is 610. The van der Waals surface area contributed by atoms with Gasteiger partial charge in [0.15, 0.2) is 0 Å². The van der Waals surface area contributed by atoms with E-state index in [0.717, 1.165) is 19.4 Å². The van der Waals surface area contributed by atoms with Crippen molar-refractivity contribution in [3.05, 3.63) is 29.6 Å². The number of aromatic nitrogens is 1. The van der Waals surface area contributed by atoms with Gasteiger partial charge in [-0.3, -0.25) is 9.59 Å². The van der Waals surface area contributed by atoms with E-state index in [9.17, 15) is 9.59 Å². The number of rotatable bonds is 1. The van der Waals surface area contributed by atoms with Crippen molar-refractivity contribution >= 4 is 11.8 Å². The zero-order valence-electron chi connectivity index (χ0n) is 11.6. The molecule has 1 N–H and O–H groups in total. The van der Waals surface area contributed by atoms with Crippen molar-refractivity contribution in [2.45, 2.75) is 19.3 Å². The number of piperidine rings is 1. The minimum atomic E-state index is -0.105. The number of amides is 2. The second kappa shape index (κ2) is 5.17. The molecule has 1 aromatic heterocycles. The molecule has 0 aliphatic carbocycles. The Morgan fingerprint density at radius 3 is 2.67 bits per heavy atom. The maximum absolute atomic E-state index is 12.4. The molecular weight excluding hydrogens is 268 g/mol. The smallest absolute Gasteiger partial charge is 0.272 e. The van der Waals surface area contributed by atoms with Crippen LogP contribution in [0.5, 0.6) is 0 Å². The number of carbonyl (C=O) groups excluding carboxylic acids is 2. The lowest BCUT2D eigenvalue weighted by atomic mass is 9.77. The molecule has 3 heterocycles. The predicted molar refractivity (Wildman–Crippen MR) is 74.1 cm³/mol. The molecule has 0 aromatic carbocycles. The second-order valence-electron chi connectivity index (χ2n) is 5.79. The van der Waals surface area contributed by atoms with Crippen LogP contribution in [-0.2, 0) is 4.79 Å². The lowest BCUT2D eigenvalue weighted by Crippen LogP contribution is -2.44. The molecule has 108 valence electrons. The molecule has 2 aliphatic rings. The van der Waals surface area contributed by atoms with Gasteiger partial charge < -0.3 is 10.2 Å². The summed E-state index contributed by atoms with van der Waals surface area (Å²) in [5.41, 5.74) is 0.844. The first-order valence-electron chi connectivity index (χ1n) is 7.04. The molecule has 1 aromatic rings. The Kier molecular flexibility index (Phi) is 3.34. The predicted octanol–water partition coefficient (Wildman–Crippen LogP) is 0.696. The Labute approximate surface area is 122 Å². The topological polar surface area (TPSA) is 86.1 Å². The van der Waals surface area contributed by atoms with Crippen molar-refractivity contribution < 1.29 is 9.59 Å². The van der Waals surface area contributed by atoms with Crippen LogP contribution in [0.4, 0.5) is 0 Å². The fourth-order valence-electron chi connectivity index (χ4n) is 3.04. The van der Waals surface area contributed by atoms with Crippen LogP contribution in [0.2, 0.25) is 0 Å². The second-order valence-corrected chi connectivity index (χ2v) is 5.79. The van der Waals surface area contributed by atoms with Crippen LogP contribution < -0.4 is 5.32 Å². The average Bonchev–Trinajstić information content (AvgIpc) is 2.88. The van der Waals surface area contributed by atoms with E-state index in [0.29, 0.717) is 30.8 Å². The minimum absolute atomic E-state index is 0.0337. The summed E-state index contributed by atoms with van der Waals surface area (Å²) in [5, 5.41) is 11.6. The van der Waals surface area contributed by atoms with Crippen molar-refractivity contribution in [3.8, 4) is 6.07 Å². The number of likely N-dealkylation sites (tertiary alicyclic amines) is 1. The number of carbonyl (C=O) groups is 2. The number of hydrogen-bond acceptors (Lipinski definition) is 4. The highest BCUT2D eigenvalue weighted by atomic mass is 16.2. The monoisotopic (exact) mass is 284 g/mol. The van der Waals surface area contributed by atoms with E-state index in [4.69, 9.17) is 5.26 Å². The Morgan fingerprint density at radius 2 is 2.14 bits per heavy atom. The fourth-order valence-corrected chi connectivity index (χ4v) is 3.04. The minimum Gasteiger partial charge on any atom is -0.356 e. The Morgan fingerprint density at radius 1 is 1.38 bits per heavy atom. The molecule has 1 spiro atoms. The molecule has 6 nitrogen and oxygen atoms in total. The van der Waals surface area contributed by atoms with E-state index in [1.54, 1.807) is 17.0 Å². The fraction of sp³-hybridized carbons (Fsp3) is 0.467. The molecule has 3 rings (SSSR count). The lowest BCUT2D eigenvalue weighted by Gasteiger charge is -2.38. The Balaban J connectivity index is 1.65. The molecule has 0 saturated carbocycles. The van der Waals surface area contributed by atoms with Crippen molar-refractivity contribution in [1.82, 2.24) is 15.2 Å². The van der Waals surface area contributed by atoms with Crippen LogP contribution in [0.15, 0.2) is 18.3 Å². The van der Waals surface area contributed by atoms with E-state index in [1.165, 1.54) is 6.20 Å². The van der Waals surface area contributed by atoms with E-state index < -0.39 is 0 Å². The van der Waals surface area contributed by atoms with Crippen LogP contribution in [0.3, 0.4) is 0 Å². The molecule has 2 fully saturated rings. The SMILES string of the molecule is N#Cc1ccc(C(=O)N2CCC3(CC2)CNC(=O)C3)nc1. The third-order valence-corrected chi connectivity index (χ3v) is 4.42. The van der Waals surface area contributed by atoms with Gasteiger partial charge in [0.05, 0.1) is 5.56 Å². The van der Waals surface area contributed by atoms with Gasteiger partial charge in [-0.1, -0.05) is 0 Å². The molecule has 0 bridgehead atoms. The van der Waals surface area contributed by atoms with Crippen LogP contribution in [0.1, 0.15) is 35.3 Å². The van der Waals surface area contributed by atoms with E-state index in [2.05, 4.69) is 10.3 Å². The van der Waals surface area contributed by atoms with Gasteiger partial charge in [0, 0.05) is 32.3 Å². The molecule has 0 radical (unpaired) electrons. The summed E-state index contributed by atoms with van der Waals surface area (Å²) in [4.78, 5) is 29.6. The zero-order valence-corrected chi connectivity index (χ0v) is 11.6. The average molecular weight is 284 g/mol. The molecule has 2 amide bonds. The van der Waals surface area contributed by atoms with Crippen LogP contribution in [-0.4, -0.2) is 41.3 Å². The standard InChI is InChI=1S/C15H16N4O2/c16-8-11-1-2-12(17-9-11)14(21)19-5-3-15(4-6-19)7-13(20)18-10-15/h1-2,9H,3-7,10H2,(H,18,20). The Hall–Kier alpha value is -2.42. The lowest BCUT2D eigenvalue weighted by molar-refractivity contribution is -0.119. The largest absolute Gasteiger partial charge is 0.356 e. The number of nitrogens with one attached hydrogen (secondary N) is 1. The zero-order chi connectivity index (χ0) is 14.9. The van der Waals surface area contributed by atoms with Gasteiger partial charge in [0.2, 0.25) is 5.91 Å². The van der Waals surface area contributed by atoms with E-state index in [1.807, 2.05) is 6.07 Å². The van der Waals surface area contributed by atoms with Gasteiger partial charge in [-0.2, -0.15) is 5.26 Å². The first-order valence-corrected chi connectivity index (χ1v) is 7.04. The summed E-state index contributed by atoms with van der Waals surface area (Å²) >= 11 is 0. The molecule has 21 heavy (non-hydrogen) atoms. The summed E-state index contributed by atoms with van der Waals surface area (Å²) < 4.78 is 0. The maximum Gasteiger partial charge on any atom is 0.272 e. The summed E-state index contributed by atoms with van der Waals surface area (Å²) in [6.45, 7) is 2.02. The van der Waals surface area contributed by atoms with Gasteiger partial charge >= 0.3 is 0 Å². The van der Waals surface area contributed by atoms with Gasteiger partial charge in [-0.05, 0) is 30.4 Å². The van der Waals surface area contributed by atoms with Crippen LogP contribution >= 0.6 is 0 Å². The third kappa shape index (κ3) is 2.59. The van der Waals surface area contributed by atoms with Gasteiger partial charge in [-0.25, -0.2) is 4.98 Å². The number of nitriles is 1. The molecule has 2 aliphatic heterocycles. The summed E-state index contributed by atoms with van der Waals surface area (Å²) in [6, 6.07) is 5.18. The normalized spacial score (nSPS) is 20.1. The van der Waals surface area contributed by atoms with Crippen molar-refractivity contribution in [2.24, 2.45) is 5.41 Å². The number of pyridine rings is 1. The first-order chi connectivity index (χ1) is 10.1. The quantitative estimate of drug-likeness (QED) is 0.822. The van der Waals surface area contributed by atoms with Crippen LogP contribution in [0.25, 0.3) is 0 Å². The molecule has 0 unspecified atom stereocenters. The molecule has 0 atom stereocenters. The summed E-state index contributed by atoms with van der Waals surface area (Å²) in [7, 11) is 0. The number of nitrogens with zero attached hydrogens (tertiary/aromatic N) is 3. The summed E-state index contributed by atoms with van der Waals surface area (Å²) in [5.74, 6) is 0.00941. The van der Waals surface area contributed by atoms with Gasteiger partial charge in [0.1, 0.15) is 11.8 Å². The summed E-state index contributed by atoms with van der Waals surface area (Å²) in [6.07, 6.45) is 3.67. The van der Waals surface area contributed by atoms with Gasteiger partial charge in [0.25, 0.3) is 5.91 Å². The molecule has 6 heteroatoms. The van der Waals surface area contributed by atoms with Crippen molar-refractivity contribution in [2.75, 3.05) is 19.6 Å². The highest BCUT2D eigenvalue weighted by molar-refractivity contribution is 5.92. The third-order valence-electron chi connectivity index (χ3n) is 4.42. The first kappa shape index (κ1) is 13.6. The number of hydrogen-bond donors (Lipinski definition) is 1.